The van der Waals surface area contributed by atoms with E-state index in [1.54, 1.807) is 36.4 Å². The van der Waals surface area contributed by atoms with Crippen molar-refractivity contribution in [3.63, 3.8) is 0 Å². The van der Waals surface area contributed by atoms with Gasteiger partial charge in [-0.25, -0.2) is 9.59 Å². The zero-order chi connectivity index (χ0) is 21.7. The molecule has 0 aliphatic rings. The molecule has 3 aromatic carbocycles. The number of ether oxygens (including phenoxy) is 2. The van der Waals surface area contributed by atoms with Crippen molar-refractivity contribution >= 4 is 47.0 Å². The smallest absolute Gasteiger partial charge is 0.345 e. The standard InChI is InChI=1S/C22H15Cl2NO5/c1-29-20-10-13(12-25-18-5-3-2-4-16(18)21(26)27)6-9-19(20)30-22(28)15-8-7-14(23)11-17(15)24/h2-12H,1H3,(H,26,27). The lowest BCUT2D eigenvalue weighted by Gasteiger charge is -2.10. The van der Waals surface area contributed by atoms with Crippen molar-refractivity contribution in [3.8, 4) is 11.5 Å². The van der Waals surface area contributed by atoms with Gasteiger partial charge in [-0.05, 0) is 54.1 Å². The van der Waals surface area contributed by atoms with Crippen LogP contribution in [0.4, 0.5) is 5.69 Å². The van der Waals surface area contributed by atoms with Crippen LogP contribution >= 0.6 is 23.2 Å². The molecule has 0 aliphatic carbocycles. The number of benzene rings is 3. The molecule has 30 heavy (non-hydrogen) atoms. The van der Waals surface area contributed by atoms with E-state index in [0.29, 0.717) is 22.0 Å². The highest BCUT2D eigenvalue weighted by Crippen LogP contribution is 2.30. The molecular formula is C22H15Cl2NO5. The van der Waals surface area contributed by atoms with Crippen LogP contribution in [0.1, 0.15) is 26.3 Å². The minimum Gasteiger partial charge on any atom is -0.493 e. The van der Waals surface area contributed by atoms with Crippen LogP contribution in [0, 0.1) is 0 Å². The predicted molar refractivity (Wildman–Crippen MR) is 115 cm³/mol. The van der Waals surface area contributed by atoms with Gasteiger partial charge in [0.25, 0.3) is 0 Å². The topological polar surface area (TPSA) is 85.2 Å². The van der Waals surface area contributed by atoms with Crippen molar-refractivity contribution in [3.05, 3.63) is 87.4 Å². The van der Waals surface area contributed by atoms with E-state index < -0.39 is 11.9 Å². The Labute approximate surface area is 182 Å². The van der Waals surface area contributed by atoms with E-state index in [1.807, 2.05) is 0 Å². The number of hydrogen-bond acceptors (Lipinski definition) is 5. The fourth-order valence-corrected chi connectivity index (χ4v) is 3.06. The Bertz CT molecular complexity index is 1140. The number of nitrogens with zero attached hydrogens (tertiary/aromatic N) is 1. The zero-order valence-corrected chi connectivity index (χ0v) is 17.1. The summed E-state index contributed by atoms with van der Waals surface area (Å²) in [6.45, 7) is 0. The molecule has 0 amide bonds. The summed E-state index contributed by atoms with van der Waals surface area (Å²) in [4.78, 5) is 27.9. The predicted octanol–water partition coefficient (Wildman–Crippen LogP) is 5.67. The highest BCUT2D eigenvalue weighted by molar-refractivity contribution is 6.36. The maximum absolute atomic E-state index is 12.4. The van der Waals surface area contributed by atoms with Crippen molar-refractivity contribution in [1.82, 2.24) is 0 Å². The molecule has 0 fully saturated rings. The van der Waals surface area contributed by atoms with E-state index in [0.717, 1.165) is 0 Å². The molecular weight excluding hydrogens is 429 g/mol. The Morgan fingerprint density at radius 1 is 0.967 bits per heavy atom. The van der Waals surface area contributed by atoms with Crippen molar-refractivity contribution < 1.29 is 24.2 Å². The molecule has 6 nitrogen and oxygen atoms in total. The van der Waals surface area contributed by atoms with E-state index in [-0.39, 0.29) is 21.9 Å². The molecule has 0 unspecified atom stereocenters. The van der Waals surface area contributed by atoms with Gasteiger partial charge < -0.3 is 14.6 Å². The number of aliphatic imine (C=N–C) groups is 1. The van der Waals surface area contributed by atoms with Gasteiger partial charge in [-0.15, -0.1) is 0 Å². The molecule has 0 spiro atoms. The van der Waals surface area contributed by atoms with Crippen LogP contribution in [0.25, 0.3) is 0 Å². The minimum absolute atomic E-state index is 0.0890. The van der Waals surface area contributed by atoms with Gasteiger partial charge in [0.15, 0.2) is 11.5 Å². The van der Waals surface area contributed by atoms with Gasteiger partial charge in [-0.1, -0.05) is 35.3 Å². The first-order valence-electron chi connectivity index (χ1n) is 8.60. The Morgan fingerprint density at radius 3 is 2.43 bits per heavy atom. The van der Waals surface area contributed by atoms with Crippen molar-refractivity contribution in [2.45, 2.75) is 0 Å². The van der Waals surface area contributed by atoms with Crippen LogP contribution in [0.2, 0.25) is 10.0 Å². The monoisotopic (exact) mass is 443 g/mol. The third-order valence-electron chi connectivity index (χ3n) is 4.03. The minimum atomic E-state index is -1.07. The van der Waals surface area contributed by atoms with Crippen LogP contribution in [0.5, 0.6) is 11.5 Å². The lowest BCUT2D eigenvalue weighted by Crippen LogP contribution is -2.10. The van der Waals surface area contributed by atoms with Gasteiger partial charge in [0.05, 0.1) is 28.9 Å². The van der Waals surface area contributed by atoms with Crippen molar-refractivity contribution in [2.75, 3.05) is 7.11 Å². The second kappa shape index (κ2) is 9.43. The first kappa shape index (κ1) is 21.4. The summed E-state index contributed by atoms with van der Waals surface area (Å²) in [6, 6.07) is 15.7. The maximum atomic E-state index is 12.4. The zero-order valence-electron chi connectivity index (χ0n) is 15.6. The third-order valence-corrected chi connectivity index (χ3v) is 4.58. The number of esters is 1. The number of carbonyl (C=O) groups is 2. The van der Waals surface area contributed by atoms with Gasteiger partial charge in [0.1, 0.15) is 0 Å². The van der Waals surface area contributed by atoms with Crippen LogP contribution in [-0.2, 0) is 0 Å². The first-order valence-corrected chi connectivity index (χ1v) is 9.36. The van der Waals surface area contributed by atoms with E-state index in [9.17, 15) is 14.7 Å². The van der Waals surface area contributed by atoms with Crippen LogP contribution in [0.3, 0.4) is 0 Å². The molecule has 0 heterocycles. The summed E-state index contributed by atoms with van der Waals surface area (Å²) in [5.41, 5.74) is 1.19. The van der Waals surface area contributed by atoms with E-state index >= 15 is 0 Å². The average Bonchev–Trinajstić information content (AvgIpc) is 2.73. The number of rotatable bonds is 6. The van der Waals surface area contributed by atoms with Crippen molar-refractivity contribution in [2.24, 2.45) is 4.99 Å². The number of halogens is 2. The Morgan fingerprint density at radius 2 is 1.73 bits per heavy atom. The summed E-state index contributed by atoms with van der Waals surface area (Å²) in [5.74, 6) is -1.24. The molecule has 1 N–H and O–H groups in total. The third kappa shape index (κ3) is 4.97. The number of aromatic carboxylic acids is 1. The SMILES string of the molecule is COc1cc(C=Nc2ccccc2C(=O)O)ccc1OC(=O)c1ccc(Cl)cc1Cl. The molecule has 3 aromatic rings. The number of hydrogen-bond donors (Lipinski definition) is 1. The quantitative estimate of drug-likeness (QED) is 0.301. The average molecular weight is 444 g/mol. The van der Waals surface area contributed by atoms with E-state index in [2.05, 4.69) is 4.99 Å². The fourth-order valence-electron chi connectivity index (χ4n) is 2.57. The summed E-state index contributed by atoms with van der Waals surface area (Å²) < 4.78 is 10.7. The number of carboxylic acid groups (broad SMARTS) is 1. The molecule has 0 saturated carbocycles. The molecule has 0 aliphatic heterocycles. The van der Waals surface area contributed by atoms with Gasteiger partial charge in [-0.2, -0.15) is 0 Å². The number of para-hydroxylation sites is 1. The Balaban J connectivity index is 1.83. The number of methoxy groups -OCH3 is 1. The molecule has 8 heteroatoms. The second-order valence-corrected chi connectivity index (χ2v) is 6.85. The molecule has 0 bridgehead atoms. The van der Waals surface area contributed by atoms with E-state index in [1.165, 1.54) is 37.6 Å². The van der Waals surface area contributed by atoms with Crippen molar-refractivity contribution in [1.29, 1.82) is 0 Å². The Kier molecular flexibility index (Phi) is 6.72. The highest BCUT2D eigenvalue weighted by Gasteiger charge is 2.16. The summed E-state index contributed by atoms with van der Waals surface area (Å²) in [7, 11) is 1.43. The van der Waals surface area contributed by atoms with E-state index in [4.69, 9.17) is 32.7 Å². The fraction of sp³-hybridized carbons (Fsp3) is 0.0455. The highest BCUT2D eigenvalue weighted by atomic mass is 35.5. The number of carboxylic acids is 1. The molecule has 3 rings (SSSR count). The largest absolute Gasteiger partial charge is 0.493 e. The van der Waals surface area contributed by atoms with Gasteiger partial charge in [-0.3, -0.25) is 4.99 Å². The van der Waals surface area contributed by atoms with Crippen LogP contribution in [-0.4, -0.2) is 30.4 Å². The molecule has 0 radical (unpaired) electrons. The first-order chi connectivity index (χ1) is 14.4. The Hall–Kier alpha value is -3.35. The normalized spacial score (nSPS) is 10.8. The summed E-state index contributed by atoms with van der Waals surface area (Å²) in [5, 5.41) is 9.81. The summed E-state index contributed by atoms with van der Waals surface area (Å²) >= 11 is 11.9. The lowest BCUT2D eigenvalue weighted by molar-refractivity contribution is 0.0695. The molecule has 0 saturated heterocycles. The van der Waals surface area contributed by atoms with Gasteiger partial charge in [0.2, 0.25) is 0 Å². The molecule has 0 aromatic heterocycles. The van der Waals surface area contributed by atoms with Gasteiger partial charge in [0, 0.05) is 11.2 Å². The van der Waals surface area contributed by atoms with Gasteiger partial charge >= 0.3 is 11.9 Å². The number of carbonyl (C=O) groups excluding carboxylic acids is 1. The van der Waals surface area contributed by atoms with Crippen LogP contribution < -0.4 is 9.47 Å². The molecule has 0 atom stereocenters. The maximum Gasteiger partial charge on any atom is 0.345 e. The molecule has 152 valence electrons. The van der Waals surface area contributed by atoms with Crippen LogP contribution in [0.15, 0.2) is 65.7 Å². The summed E-state index contributed by atoms with van der Waals surface area (Å²) in [6.07, 6.45) is 1.49. The lowest BCUT2D eigenvalue weighted by atomic mass is 10.1. The second-order valence-electron chi connectivity index (χ2n) is 6.00.